The number of quaternary nitrogens is 1. The molecule has 27 heavy (non-hydrogen) atoms. The van der Waals surface area contributed by atoms with Crippen molar-refractivity contribution in [3.8, 4) is 11.5 Å². The van der Waals surface area contributed by atoms with Gasteiger partial charge in [-0.3, -0.25) is 0 Å². The Balaban J connectivity index is 1.61. The molecule has 7 nitrogen and oxygen atoms in total. The molecule has 1 aromatic rings. The minimum atomic E-state index is -0.485. The molecule has 0 radical (unpaired) electrons. The Morgan fingerprint density at radius 1 is 1.30 bits per heavy atom. The molecule has 4 rings (SSSR count). The van der Waals surface area contributed by atoms with Crippen molar-refractivity contribution < 1.29 is 33.0 Å². The zero-order chi connectivity index (χ0) is 18.9. The van der Waals surface area contributed by atoms with Crippen LogP contribution in [0.25, 0.3) is 6.08 Å². The Hall–Kier alpha value is -2.09. The molecule has 146 valence electrons. The second-order valence-corrected chi connectivity index (χ2v) is 7.39. The molecule has 7 heteroatoms. The first kappa shape index (κ1) is 18.3. The van der Waals surface area contributed by atoms with Crippen molar-refractivity contribution in [1.29, 1.82) is 0 Å². The molecule has 2 unspecified atom stereocenters. The van der Waals surface area contributed by atoms with Gasteiger partial charge in [0.1, 0.15) is 13.1 Å². The number of cyclic esters (lactones) is 1. The van der Waals surface area contributed by atoms with E-state index in [-0.39, 0.29) is 18.8 Å². The van der Waals surface area contributed by atoms with Gasteiger partial charge in [-0.15, -0.1) is 0 Å². The maximum absolute atomic E-state index is 12.5. The van der Waals surface area contributed by atoms with Crippen LogP contribution in [0.4, 0.5) is 0 Å². The van der Waals surface area contributed by atoms with Crippen molar-refractivity contribution in [3.63, 3.8) is 0 Å². The molecule has 0 bridgehead atoms. The second-order valence-electron chi connectivity index (χ2n) is 7.39. The number of benzene rings is 1. The molecule has 3 heterocycles. The molecule has 0 saturated carbocycles. The number of esters is 1. The van der Waals surface area contributed by atoms with Gasteiger partial charge < -0.3 is 28.2 Å². The predicted octanol–water partition coefficient (Wildman–Crippen LogP) is 1.95. The molecule has 0 amide bonds. The fourth-order valence-electron chi connectivity index (χ4n) is 4.47. The lowest BCUT2D eigenvalue weighted by molar-refractivity contribution is -0.937. The maximum Gasteiger partial charge on any atom is 0.367 e. The molecule has 0 aliphatic carbocycles. The normalized spacial score (nSPS) is 29.6. The molecule has 0 N–H and O–H groups in total. The summed E-state index contributed by atoms with van der Waals surface area (Å²) < 4.78 is 27.8. The highest BCUT2D eigenvalue weighted by Crippen LogP contribution is 2.36. The average molecular weight is 376 g/mol. The summed E-state index contributed by atoms with van der Waals surface area (Å²) in [6.07, 6.45) is 3.51. The summed E-state index contributed by atoms with van der Waals surface area (Å²) in [7, 11) is 3.28. The smallest absolute Gasteiger partial charge is 0.367 e. The number of hydrogen-bond acceptors (Lipinski definition) is 6. The average Bonchev–Trinajstić information content (AvgIpc) is 3.28. The highest BCUT2D eigenvalue weighted by atomic mass is 16.7. The van der Waals surface area contributed by atoms with E-state index >= 15 is 0 Å². The van der Waals surface area contributed by atoms with Gasteiger partial charge in [-0.25, -0.2) is 4.79 Å². The Labute approximate surface area is 159 Å². The van der Waals surface area contributed by atoms with Crippen LogP contribution in [-0.4, -0.2) is 70.0 Å². The van der Waals surface area contributed by atoms with Crippen LogP contribution in [0.1, 0.15) is 18.4 Å². The summed E-state index contributed by atoms with van der Waals surface area (Å²) in [5, 5.41) is 0. The Bertz CT molecular complexity index is 748. The number of carbonyl (C=O) groups excluding carboxylic acids is 1. The van der Waals surface area contributed by atoms with Crippen LogP contribution in [0.3, 0.4) is 0 Å². The van der Waals surface area contributed by atoms with E-state index in [1.165, 1.54) is 0 Å². The molecule has 3 aliphatic rings. The first-order valence-electron chi connectivity index (χ1n) is 9.30. The lowest BCUT2D eigenvalue weighted by atomic mass is 10.1. The largest absolute Gasteiger partial charge is 0.454 e. The number of rotatable bonds is 6. The molecule has 3 atom stereocenters. The number of nitrogens with zero attached hydrogens (tertiary/aromatic N) is 1. The van der Waals surface area contributed by atoms with Crippen LogP contribution in [0.2, 0.25) is 0 Å². The van der Waals surface area contributed by atoms with Crippen molar-refractivity contribution in [2.75, 3.05) is 47.3 Å². The van der Waals surface area contributed by atoms with Crippen LogP contribution >= 0.6 is 0 Å². The summed E-state index contributed by atoms with van der Waals surface area (Å²) >= 11 is 0. The number of ether oxygens (including phenoxy) is 5. The van der Waals surface area contributed by atoms with Gasteiger partial charge in [0, 0.05) is 32.6 Å². The fourth-order valence-corrected chi connectivity index (χ4v) is 4.47. The van der Waals surface area contributed by atoms with Crippen molar-refractivity contribution in [2.24, 2.45) is 0 Å². The third kappa shape index (κ3) is 3.54. The van der Waals surface area contributed by atoms with Crippen molar-refractivity contribution in [3.05, 3.63) is 29.3 Å². The minimum Gasteiger partial charge on any atom is -0.454 e. The monoisotopic (exact) mass is 376 g/mol. The highest BCUT2D eigenvalue weighted by molar-refractivity contribution is 5.75. The lowest BCUT2D eigenvalue weighted by Gasteiger charge is -2.44. The number of fused-ring (bicyclic) bond motifs is 2. The van der Waals surface area contributed by atoms with Gasteiger partial charge in [0.05, 0.1) is 13.2 Å². The fraction of sp³-hybridized carbons (Fsp3) is 0.550. The second kappa shape index (κ2) is 7.50. The van der Waals surface area contributed by atoms with Crippen molar-refractivity contribution in [1.82, 2.24) is 0 Å². The summed E-state index contributed by atoms with van der Waals surface area (Å²) in [6.45, 7) is 3.13. The molecule has 2 saturated heterocycles. The lowest BCUT2D eigenvalue weighted by Crippen LogP contribution is -2.64. The quantitative estimate of drug-likeness (QED) is 0.559. The Kier molecular flexibility index (Phi) is 5.08. The number of morpholine rings is 1. The summed E-state index contributed by atoms with van der Waals surface area (Å²) in [6, 6.07) is 5.78. The van der Waals surface area contributed by atoms with E-state index in [4.69, 9.17) is 23.7 Å². The van der Waals surface area contributed by atoms with E-state index in [2.05, 4.69) is 6.08 Å². The number of methoxy groups -OCH3 is 2. The minimum absolute atomic E-state index is 0.117. The standard InChI is InChI=1S/C20H26NO6/c1-23-12-15(8-14-5-6-17-18(9-14)26-13-25-17)10-21-7-3-4-16(21)20(22)27-19(11-21)24-2/h5-6,8-9,16,19H,3-4,7,10-13H2,1-2H3/q+1/b15-8-/t16-,19?,21?/m0/s1. The summed E-state index contributed by atoms with van der Waals surface area (Å²) in [5.41, 5.74) is 2.16. The van der Waals surface area contributed by atoms with Crippen molar-refractivity contribution in [2.45, 2.75) is 25.2 Å². The van der Waals surface area contributed by atoms with Crippen LogP contribution < -0.4 is 9.47 Å². The molecule has 0 spiro atoms. The number of hydrogen-bond donors (Lipinski definition) is 0. The topological polar surface area (TPSA) is 63.2 Å². The van der Waals surface area contributed by atoms with Gasteiger partial charge >= 0.3 is 5.97 Å². The van der Waals surface area contributed by atoms with Gasteiger partial charge in [0.2, 0.25) is 6.79 Å². The van der Waals surface area contributed by atoms with Gasteiger partial charge in [0.15, 0.2) is 17.5 Å². The summed E-state index contributed by atoms with van der Waals surface area (Å²) in [4.78, 5) is 12.5. The maximum atomic E-state index is 12.5. The van der Waals surface area contributed by atoms with Gasteiger partial charge in [-0.1, -0.05) is 6.07 Å². The van der Waals surface area contributed by atoms with E-state index in [0.29, 0.717) is 17.6 Å². The van der Waals surface area contributed by atoms with Crippen LogP contribution in [0.15, 0.2) is 23.8 Å². The van der Waals surface area contributed by atoms with Crippen LogP contribution in [0.5, 0.6) is 11.5 Å². The Morgan fingerprint density at radius 3 is 2.96 bits per heavy atom. The zero-order valence-electron chi connectivity index (χ0n) is 15.8. The molecular weight excluding hydrogens is 350 g/mol. The number of carbonyl (C=O) groups is 1. The van der Waals surface area contributed by atoms with Gasteiger partial charge in [0.25, 0.3) is 6.29 Å². The third-order valence-corrected chi connectivity index (χ3v) is 5.65. The molecular formula is C20H26NO6+. The van der Waals surface area contributed by atoms with E-state index in [9.17, 15) is 4.79 Å². The van der Waals surface area contributed by atoms with E-state index < -0.39 is 6.29 Å². The summed E-state index contributed by atoms with van der Waals surface area (Å²) in [5.74, 6) is 1.38. The van der Waals surface area contributed by atoms with E-state index in [1.54, 1.807) is 14.2 Å². The van der Waals surface area contributed by atoms with E-state index in [0.717, 1.165) is 48.6 Å². The third-order valence-electron chi connectivity index (χ3n) is 5.65. The highest BCUT2D eigenvalue weighted by Gasteiger charge is 2.53. The molecule has 2 fully saturated rings. The predicted molar refractivity (Wildman–Crippen MR) is 97.2 cm³/mol. The first-order valence-corrected chi connectivity index (χ1v) is 9.30. The van der Waals surface area contributed by atoms with Crippen molar-refractivity contribution >= 4 is 12.0 Å². The van der Waals surface area contributed by atoms with Gasteiger partial charge in [-0.2, -0.15) is 0 Å². The first-order chi connectivity index (χ1) is 13.1. The Morgan fingerprint density at radius 2 is 2.15 bits per heavy atom. The molecule has 0 aromatic heterocycles. The SMILES string of the molecule is COC/C(=C\c1ccc2c(c1)OCO2)C[N+]12CCC[C@H]1C(=O)OC(OC)C2. The molecule has 1 aromatic carbocycles. The van der Waals surface area contributed by atoms with E-state index in [1.807, 2.05) is 18.2 Å². The molecule has 3 aliphatic heterocycles. The van der Waals surface area contributed by atoms with Crippen LogP contribution in [-0.2, 0) is 19.0 Å². The zero-order valence-corrected chi connectivity index (χ0v) is 15.8. The van der Waals surface area contributed by atoms with Crippen LogP contribution in [0, 0.1) is 0 Å². The van der Waals surface area contributed by atoms with Gasteiger partial charge in [-0.05, 0) is 23.8 Å².